The third-order valence-corrected chi connectivity index (χ3v) is 14.8. The number of nitrogens with one attached hydrogen (secondary N) is 1. The molecule has 26 heteroatoms. The molecule has 2 unspecified atom stereocenters. The number of fused-ring (bicyclic) bond motifs is 3. The molecule has 6 heterocycles. The van der Waals surface area contributed by atoms with Crippen molar-refractivity contribution >= 4 is 49.0 Å². The first-order valence-electron chi connectivity index (χ1n) is 17.9. The van der Waals surface area contributed by atoms with Gasteiger partial charge in [0.1, 0.15) is 53.4 Å². The Kier molecular flexibility index (Phi) is 10.3. The van der Waals surface area contributed by atoms with Gasteiger partial charge in [-0.3, -0.25) is 37.0 Å². The van der Waals surface area contributed by atoms with E-state index in [1.165, 1.54) is 47.3 Å². The molecule has 316 valence electrons. The second kappa shape index (κ2) is 15.2. The van der Waals surface area contributed by atoms with Crippen LogP contribution in [-0.4, -0.2) is 94.0 Å². The summed E-state index contributed by atoms with van der Waals surface area (Å²) in [6.07, 6.45) is -11.9. The van der Waals surface area contributed by atoms with Crippen LogP contribution in [-0.2, 0) is 42.5 Å². The highest BCUT2D eigenvalue weighted by Crippen LogP contribution is 2.69. The van der Waals surface area contributed by atoms with Crippen LogP contribution in [0.15, 0.2) is 83.0 Å². The molecule has 0 amide bonds. The van der Waals surface area contributed by atoms with E-state index < -0.39 is 93.3 Å². The number of H-pyrrole nitrogens is 1. The predicted octanol–water partition coefficient (Wildman–Crippen LogP) is 3.46. The number of carbonyl (C=O) groups is 1. The molecule has 2 aromatic carbocycles. The topological polar surface area (TPSA) is 281 Å². The molecule has 3 saturated heterocycles. The summed E-state index contributed by atoms with van der Waals surface area (Å²) >= 11 is 0.587. The number of imidazole rings is 1. The van der Waals surface area contributed by atoms with Crippen LogP contribution in [0.3, 0.4) is 0 Å². The van der Waals surface area contributed by atoms with E-state index in [0.29, 0.717) is 21.5 Å². The van der Waals surface area contributed by atoms with E-state index in [0.717, 1.165) is 18.6 Å². The lowest BCUT2D eigenvalue weighted by Gasteiger charge is -2.27. The standard InChI is InChI=1S/C34H31F2N7O14P2S/c35-23-25-20(53-30(23)42-10-9-22(45)41-33(42)47)12-51-59(50,60-13-16-1-7-19(8-2-16)52-32(46)17-3-5-18(44)6-4-17)57-26-27(36)34(11-21(34)55-58(48,49)56-25)54-31(26)43-15-40-24-28(37)38-14-39-29(24)43/h1-10,14-15,20-21,23,25-27,30-31,44H,11-13H2,(H,48,49)(H2,37,38,39)(H,41,45,47)/t20-,21-,23-,25-,26-,27+,30-,31-,34?,59-/m1/s1. The van der Waals surface area contributed by atoms with Crippen molar-refractivity contribution in [1.82, 2.24) is 29.1 Å². The second-order valence-corrected chi connectivity index (χ2v) is 19.4. The number of aromatic amines is 1. The molecule has 0 radical (unpaired) electrons. The molecular formula is C34H31F2N7O14P2S. The van der Waals surface area contributed by atoms with Crippen molar-refractivity contribution in [2.45, 2.75) is 67.0 Å². The fourth-order valence-electron chi connectivity index (χ4n) is 7.06. The molecule has 9 rings (SSSR count). The van der Waals surface area contributed by atoms with Crippen molar-refractivity contribution in [2.24, 2.45) is 0 Å². The zero-order valence-corrected chi connectivity index (χ0v) is 32.9. The molecule has 1 saturated carbocycles. The Morgan fingerprint density at radius 3 is 2.52 bits per heavy atom. The number of phosphoric ester groups is 1. The highest BCUT2D eigenvalue weighted by molar-refractivity contribution is 8.54. The summed E-state index contributed by atoms with van der Waals surface area (Å²) in [5.74, 6) is -0.723. The van der Waals surface area contributed by atoms with E-state index in [9.17, 15) is 33.5 Å². The maximum absolute atomic E-state index is 16.9. The minimum Gasteiger partial charge on any atom is -0.508 e. The summed E-state index contributed by atoms with van der Waals surface area (Å²) in [5, 5.41) is 9.51. The largest absolute Gasteiger partial charge is 0.508 e. The average Bonchev–Trinajstić information content (AvgIpc) is 3.42. The number of carbonyl (C=O) groups excluding carboxylic acids is 1. The Morgan fingerprint density at radius 1 is 1.00 bits per heavy atom. The molecule has 1 spiro atoms. The fourth-order valence-corrected chi connectivity index (χ4v) is 11.6. The Hall–Kier alpha value is -4.87. The molecule has 2 bridgehead atoms. The molecule has 4 aliphatic rings. The van der Waals surface area contributed by atoms with Crippen LogP contribution in [0.4, 0.5) is 14.6 Å². The quantitative estimate of drug-likeness (QED) is 0.103. The highest BCUT2D eigenvalue weighted by atomic mass is 32.7. The van der Waals surface area contributed by atoms with Crippen molar-refractivity contribution in [3.05, 3.63) is 105 Å². The van der Waals surface area contributed by atoms with Gasteiger partial charge in [0.15, 0.2) is 36.3 Å². The van der Waals surface area contributed by atoms with Gasteiger partial charge in [-0.05, 0) is 53.3 Å². The molecule has 1 aliphatic carbocycles. The van der Waals surface area contributed by atoms with Gasteiger partial charge in [-0.15, -0.1) is 0 Å². The number of hydrogen-bond donors (Lipinski definition) is 4. The third kappa shape index (κ3) is 7.57. The number of halogens is 2. The van der Waals surface area contributed by atoms with Crippen LogP contribution in [0, 0.1) is 0 Å². The number of nitrogens with zero attached hydrogens (tertiary/aromatic N) is 5. The summed E-state index contributed by atoms with van der Waals surface area (Å²) in [4.78, 5) is 62.1. The zero-order chi connectivity index (χ0) is 42.1. The van der Waals surface area contributed by atoms with Gasteiger partial charge < -0.3 is 29.9 Å². The zero-order valence-electron chi connectivity index (χ0n) is 30.3. The van der Waals surface area contributed by atoms with Gasteiger partial charge in [-0.2, -0.15) is 0 Å². The van der Waals surface area contributed by atoms with Crippen LogP contribution in [0.5, 0.6) is 11.5 Å². The molecule has 11 atom stereocenters. The summed E-state index contributed by atoms with van der Waals surface area (Å²) in [7, 11) is -5.30. The monoisotopic (exact) mass is 893 g/mol. The van der Waals surface area contributed by atoms with Gasteiger partial charge in [-0.25, -0.2) is 42.5 Å². The number of hydrogen-bond acceptors (Lipinski definition) is 18. The molecule has 5 N–H and O–H groups in total. The van der Waals surface area contributed by atoms with Crippen molar-refractivity contribution in [1.29, 1.82) is 0 Å². The van der Waals surface area contributed by atoms with Crippen molar-refractivity contribution < 1.29 is 65.0 Å². The van der Waals surface area contributed by atoms with Crippen molar-refractivity contribution in [2.75, 3.05) is 12.3 Å². The number of anilines is 1. The first-order chi connectivity index (χ1) is 28.6. The Balaban J connectivity index is 1.03. The van der Waals surface area contributed by atoms with Gasteiger partial charge in [0.2, 0.25) is 0 Å². The van der Waals surface area contributed by atoms with E-state index in [1.807, 2.05) is 4.98 Å². The van der Waals surface area contributed by atoms with Gasteiger partial charge in [-0.1, -0.05) is 12.1 Å². The summed E-state index contributed by atoms with van der Waals surface area (Å²) in [6, 6.07) is 12.4. The summed E-state index contributed by atoms with van der Waals surface area (Å²) in [6.45, 7) is -5.56. The average molecular weight is 894 g/mol. The smallest absolute Gasteiger partial charge is 0.473 e. The number of aromatic nitrogens is 6. The number of benzene rings is 2. The highest BCUT2D eigenvalue weighted by Gasteiger charge is 2.74. The SMILES string of the molecule is Nc1ncnc2c1ncn2[C@@H]1OC23C[C@H]2OP(=O)(O)O[C@H]2[C@@H](F)[C@H](n4ccc(=O)[nH]c4=O)O[C@@H]2CO[P@@](=O)(SCc2ccc(OC(=O)c4ccc(O)cc4)cc2)O[C@@H]1[C@@H]3F. The lowest BCUT2D eigenvalue weighted by molar-refractivity contribution is -0.0669. The van der Waals surface area contributed by atoms with E-state index in [1.54, 1.807) is 12.1 Å². The number of nitrogen functional groups attached to an aromatic ring is 1. The van der Waals surface area contributed by atoms with Crippen LogP contribution in [0.25, 0.3) is 11.2 Å². The summed E-state index contributed by atoms with van der Waals surface area (Å²) < 4.78 is 103. The lowest BCUT2D eigenvalue weighted by atomic mass is 10.1. The van der Waals surface area contributed by atoms with E-state index in [2.05, 4.69) is 15.0 Å². The third-order valence-electron chi connectivity index (χ3n) is 10.1. The number of nitrogens with two attached hydrogens (primary N) is 1. The van der Waals surface area contributed by atoms with E-state index >= 15 is 8.78 Å². The fraction of sp³-hybridized carbons (Fsp3) is 0.353. The van der Waals surface area contributed by atoms with E-state index in [4.69, 9.17) is 38.0 Å². The molecule has 60 heavy (non-hydrogen) atoms. The minimum absolute atomic E-state index is 0.0146. The number of phenolic OH excluding ortho intramolecular Hbond substituents is 1. The number of phosphoric acid groups is 1. The molecule has 21 nitrogen and oxygen atoms in total. The first-order valence-corrected chi connectivity index (χ1v) is 22.5. The molecule has 4 fully saturated rings. The van der Waals surface area contributed by atoms with Gasteiger partial charge >= 0.3 is 26.3 Å². The number of phenols is 1. The second-order valence-electron chi connectivity index (χ2n) is 14.0. The lowest BCUT2D eigenvalue weighted by Crippen LogP contribution is -2.36. The molecule has 5 aromatic rings. The predicted molar refractivity (Wildman–Crippen MR) is 201 cm³/mol. The first kappa shape index (κ1) is 40.5. The number of esters is 1. The van der Waals surface area contributed by atoms with Crippen LogP contribution in [0.2, 0.25) is 0 Å². The van der Waals surface area contributed by atoms with Crippen LogP contribution in [0.1, 0.15) is 34.8 Å². The Morgan fingerprint density at radius 2 is 1.77 bits per heavy atom. The molecule has 3 aliphatic heterocycles. The van der Waals surface area contributed by atoms with Crippen LogP contribution >= 0.6 is 26.0 Å². The minimum atomic E-state index is -5.30. The maximum atomic E-state index is 16.9. The van der Waals surface area contributed by atoms with Gasteiger partial charge in [0.05, 0.1) is 18.5 Å². The van der Waals surface area contributed by atoms with Crippen molar-refractivity contribution in [3.8, 4) is 11.5 Å². The molecule has 3 aromatic heterocycles. The maximum Gasteiger partial charge on any atom is 0.473 e. The van der Waals surface area contributed by atoms with Crippen molar-refractivity contribution in [3.63, 3.8) is 0 Å². The molecular weight excluding hydrogens is 862 g/mol. The summed E-state index contributed by atoms with van der Waals surface area (Å²) in [5.41, 5.74) is 3.01. The van der Waals surface area contributed by atoms with Gasteiger partial charge in [0, 0.05) is 24.4 Å². The Labute approximate surface area is 338 Å². The number of alkyl halides is 2. The van der Waals surface area contributed by atoms with E-state index in [-0.39, 0.29) is 46.2 Å². The Bertz CT molecular complexity index is 2690. The van der Waals surface area contributed by atoms with Crippen LogP contribution < -0.4 is 21.7 Å². The normalized spacial score (nSPS) is 33.9. The number of aromatic hydroxyl groups is 1. The number of rotatable bonds is 7. The number of ether oxygens (including phenoxy) is 3. The van der Waals surface area contributed by atoms with Gasteiger partial charge in [0.25, 0.3) is 5.56 Å².